The van der Waals surface area contributed by atoms with E-state index < -0.39 is 5.60 Å². The first-order chi connectivity index (χ1) is 9.07. The summed E-state index contributed by atoms with van der Waals surface area (Å²) in [5, 5.41) is 10.1. The molecule has 3 rings (SSSR count). The highest BCUT2D eigenvalue weighted by molar-refractivity contribution is 8.00. The molecule has 0 radical (unpaired) electrons. The van der Waals surface area contributed by atoms with Gasteiger partial charge in [-0.3, -0.25) is 4.79 Å². The summed E-state index contributed by atoms with van der Waals surface area (Å²) in [4.78, 5) is 14.5. The smallest absolute Gasteiger partial charge is 0.233 e. The number of β-amino-alcohol motifs (C(OH)–C–C–N with tert-alkyl or cyclic N) is 1. The quantitative estimate of drug-likeness (QED) is 0.857. The average Bonchev–Trinajstić information content (AvgIpc) is 3.18. The van der Waals surface area contributed by atoms with Gasteiger partial charge in [-0.25, -0.2) is 4.39 Å². The molecule has 1 aromatic carbocycles. The second kappa shape index (κ2) is 4.80. The van der Waals surface area contributed by atoms with Gasteiger partial charge >= 0.3 is 0 Å². The number of hydrogen-bond donors (Lipinski definition) is 1. The second-order valence-corrected chi connectivity index (χ2v) is 6.42. The number of aliphatic hydroxyl groups is 1. The molecule has 1 N–H and O–H groups in total. The Morgan fingerprint density at radius 1 is 1.37 bits per heavy atom. The number of halogens is 1. The molecular weight excluding hydrogens is 265 g/mol. The van der Waals surface area contributed by atoms with Crippen LogP contribution in [0.1, 0.15) is 12.8 Å². The number of hydrogen-bond acceptors (Lipinski definition) is 3. The van der Waals surface area contributed by atoms with Crippen molar-refractivity contribution in [3.63, 3.8) is 0 Å². The van der Waals surface area contributed by atoms with Crippen LogP contribution in [0.25, 0.3) is 0 Å². The van der Waals surface area contributed by atoms with E-state index in [-0.39, 0.29) is 11.7 Å². The van der Waals surface area contributed by atoms with Crippen LogP contribution in [0.15, 0.2) is 29.2 Å². The number of carbonyl (C=O) groups excluding carboxylic acids is 1. The Labute approximate surface area is 115 Å². The zero-order valence-corrected chi connectivity index (χ0v) is 11.3. The maximum absolute atomic E-state index is 12.7. The van der Waals surface area contributed by atoms with Crippen molar-refractivity contribution in [2.24, 2.45) is 5.92 Å². The highest BCUT2D eigenvalue weighted by Gasteiger charge is 2.53. The van der Waals surface area contributed by atoms with Gasteiger partial charge in [0.2, 0.25) is 5.91 Å². The van der Waals surface area contributed by atoms with Crippen molar-refractivity contribution in [1.29, 1.82) is 0 Å². The Balaban J connectivity index is 1.46. The van der Waals surface area contributed by atoms with Crippen molar-refractivity contribution >= 4 is 17.7 Å². The van der Waals surface area contributed by atoms with Crippen molar-refractivity contribution < 1.29 is 14.3 Å². The molecule has 1 heterocycles. The van der Waals surface area contributed by atoms with Crippen molar-refractivity contribution in [3.05, 3.63) is 30.1 Å². The first-order valence-corrected chi connectivity index (χ1v) is 7.44. The van der Waals surface area contributed by atoms with Gasteiger partial charge in [0.1, 0.15) is 11.4 Å². The maximum atomic E-state index is 12.7. The topological polar surface area (TPSA) is 40.5 Å². The summed E-state index contributed by atoms with van der Waals surface area (Å²) in [6, 6.07) is 6.12. The normalized spacial score (nSPS) is 21.1. The third-order valence-electron chi connectivity index (χ3n) is 3.80. The molecule has 1 aliphatic carbocycles. The summed E-state index contributed by atoms with van der Waals surface area (Å²) in [6.45, 7) is 0.945. The van der Waals surface area contributed by atoms with Crippen LogP contribution in [0.2, 0.25) is 0 Å². The van der Waals surface area contributed by atoms with Gasteiger partial charge in [-0.2, -0.15) is 0 Å². The molecule has 102 valence electrons. The third-order valence-corrected chi connectivity index (χ3v) is 4.79. The molecule has 2 fully saturated rings. The predicted molar refractivity (Wildman–Crippen MR) is 71.4 cm³/mol. The fourth-order valence-electron chi connectivity index (χ4n) is 2.44. The molecule has 0 atom stereocenters. The lowest BCUT2D eigenvalue weighted by atomic mass is 9.89. The van der Waals surface area contributed by atoms with Crippen LogP contribution in [0.5, 0.6) is 0 Å². The lowest BCUT2D eigenvalue weighted by molar-refractivity contribution is -0.156. The van der Waals surface area contributed by atoms with E-state index in [2.05, 4.69) is 0 Å². The highest BCUT2D eigenvalue weighted by atomic mass is 32.2. The molecule has 0 unspecified atom stereocenters. The van der Waals surface area contributed by atoms with E-state index in [1.54, 1.807) is 17.0 Å². The summed E-state index contributed by atoms with van der Waals surface area (Å²) in [7, 11) is 0. The Hall–Kier alpha value is -1.07. The molecule has 1 saturated carbocycles. The summed E-state index contributed by atoms with van der Waals surface area (Å²) in [6.07, 6.45) is 2.17. The van der Waals surface area contributed by atoms with Crippen molar-refractivity contribution in [3.8, 4) is 0 Å². The summed E-state index contributed by atoms with van der Waals surface area (Å²) >= 11 is 1.40. The molecule has 1 amide bonds. The molecular formula is C14H16FNO2S. The van der Waals surface area contributed by atoms with E-state index in [1.807, 2.05) is 0 Å². The first-order valence-electron chi connectivity index (χ1n) is 6.45. The maximum Gasteiger partial charge on any atom is 0.233 e. The number of amides is 1. The molecule has 1 aliphatic heterocycles. The molecule has 0 spiro atoms. The lowest BCUT2D eigenvalue weighted by Crippen LogP contribution is -2.65. The van der Waals surface area contributed by atoms with Crippen LogP contribution in [0, 0.1) is 11.7 Å². The number of carbonyl (C=O) groups is 1. The Morgan fingerprint density at radius 2 is 2.00 bits per heavy atom. The molecule has 0 aromatic heterocycles. The zero-order valence-electron chi connectivity index (χ0n) is 10.5. The van der Waals surface area contributed by atoms with E-state index in [0.29, 0.717) is 24.8 Å². The Morgan fingerprint density at radius 3 is 2.58 bits per heavy atom. The SMILES string of the molecule is O=C(CSc1ccc(F)cc1)N1CC(O)(C2CC2)C1. The monoisotopic (exact) mass is 281 g/mol. The standard InChI is InChI=1S/C14H16FNO2S/c15-11-3-5-12(6-4-11)19-7-13(17)16-8-14(18,9-16)10-1-2-10/h3-6,10,18H,1-2,7-9H2. The number of nitrogens with zero attached hydrogens (tertiary/aromatic N) is 1. The summed E-state index contributed by atoms with van der Waals surface area (Å²) in [5.74, 6) is 0.515. The van der Waals surface area contributed by atoms with Crippen LogP contribution >= 0.6 is 11.8 Å². The summed E-state index contributed by atoms with van der Waals surface area (Å²) in [5.41, 5.74) is -0.615. The molecule has 1 aromatic rings. The molecule has 3 nitrogen and oxygen atoms in total. The van der Waals surface area contributed by atoms with Gasteiger partial charge in [-0.1, -0.05) is 0 Å². The largest absolute Gasteiger partial charge is 0.386 e. The van der Waals surface area contributed by atoms with Gasteiger partial charge in [0.05, 0.1) is 18.8 Å². The van der Waals surface area contributed by atoms with E-state index in [1.165, 1.54) is 23.9 Å². The van der Waals surface area contributed by atoms with E-state index in [0.717, 1.165) is 17.7 Å². The fraction of sp³-hybridized carbons (Fsp3) is 0.500. The molecule has 2 aliphatic rings. The van der Waals surface area contributed by atoms with Gasteiger partial charge < -0.3 is 10.0 Å². The number of benzene rings is 1. The molecule has 1 saturated heterocycles. The number of rotatable bonds is 4. The first kappa shape index (κ1) is 12.9. The van der Waals surface area contributed by atoms with E-state index >= 15 is 0 Å². The third kappa shape index (κ3) is 2.77. The van der Waals surface area contributed by atoms with Crippen molar-refractivity contribution in [1.82, 2.24) is 4.90 Å². The highest BCUT2D eigenvalue weighted by Crippen LogP contribution is 2.44. The van der Waals surface area contributed by atoms with Crippen molar-refractivity contribution in [2.45, 2.75) is 23.3 Å². The van der Waals surface area contributed by atoms with Gasteiger partial charge in [0.15, 0.2) is 0 Å². The van der Waals surface area contributed by atoms with Crippen LogP contribution in [-0.4, -0.2) is 40.4 Å². The predicted octanol–water partition coefficient (Wildman–Crippen LogP) is 1.90. The molecule has 5 heteroatoms. The minimum atomic E-state index is -0.615. The van der Waals surface area contributed by atoms with Crippen molar-refractivity contribution in [2.75, 3.05) is 18.8 Å². The van der Waals surface area contributed by atoms with E-state index in [9.17, 15) is 14.3 Å². The van der Waals surface area contributed by atoms with Crippen LogP contribution < -0.4 is 0 Å². The molecule has 0 bridgehead atoms. The number of likely N-dealkylation sites (tertiary alicyclic amines) is 1. The fourth-order valence-corrected chi connectivity index (χ4v) is 3.24. The Kier molecular flexibility index (Phi) is 3.27. The lowest BCUT2D eigenvalue weighted by Gasteiger charge is -2.47. The molecule has 19 heavy (non-hydrogen) atoms. The second-order valence-electron chi connectivity index (χ2n) is 5.37. The summed E-state index contributed by atoms with van der Waals surface area (Å²) < 4.78 is 12.7. The average molecular weight is 281 g/mol. The Bertz CT molecular complexity index is 481. The number of thioether (sulfide) groups is 1. The minimum Gasteiger partial charge on any atom is -0.386 e. The van der Waals surface area contributed by atoms with Crippen LogP contribution in [-0.2, 0) is 4.79 Å². The minimum absolute atomic E-state index is 0.0413. The van der Waals surface area contributed by atoms with Gasteiger partial charge in [-0.05, 0) is 43.0 Å². The van der Waals surface area contributed by atoms with Gasteiger partial charge in [-0.15, -0.1) is 11.8 Å². The zero-order chi connectivity index (χ0) is 13.5. The van der Waals surface area contributed by atoms with Crippen LogP contribution in [0.4, 0.5) is 4.39 Å². The van der Waals surface area contributed by atoms with Gasteiger partial charge in [0, 0.05) is 4.90 Å². The van der Waals surface area contributed by atoms with Crippen LogP contribution in [0.3, 0.4) is 0 Å². The van der Waals surface area contributed by atoms with E-state index in [4.69, 9.17) is 0 Å². The van der Waals surface area contributed by atoms with Gasteiger partial charge in [0.25, 0.3) is 0 Å².